The van der Waals surface area contributed by atoms with Gasteiger partial charge in [0.15, 0.2) is 26.7 Å². The molecule has 0 aliphatic rings. The maximum atomic E-state index is 12.1. The first kappa shape index (κ1) is 95.9. The summed E-state index contributed by atoms with van der Waals surface area (Å²) in [7, 11) is -8.97. The molecule has 15 nitrogen and oxygen atoms in total. The molecule has 2 aromatic carbocycles. The molecule has 0 spiro atoms. The van der Waals surface area contributed by atoms with E-state index < -0.39 is 38.1 Å². The zero-order valence-electron chi connectivity index (χ0n) is 61.5. The van der Waals surface area contributed by atoms with Crippen LogP contribution in [-0.2, 0) is 63.4 Å². The molecule has 0 saturated heterocycles. The summed E-state index contributed by atoms with van der Waals surface area (Å²) < 4.78 is 97.9. The quantitative estimate of drug-likeness (QED) is 0.0266. The van der Waals surface area contributed by atoms with Gasteiger partial charge >= 0.3 is 80.8 Å². The summed E-state index contributed by atoms with van der Waals surface area (Å²) in [6.45, 7) is 49.7. The Hall–Kier alpha value is -2.52. The van der Waals surface area contributed by atoms with Gasteiger partial charge in [0, 0.05) is 6.61 Å². The van der Waals surface area contributed by atoms with E-state index in [0.717, 1.165) is 82.2 Å². The van der Waals surface area contributed by atoms with Gasteiger partial charge in [0.1, 0.15) is 6.61 Å². The number of esters is 4. The Kier molecular flexibility index (Phi) is 53.8. The standard InChI is InChI=1S/C17H38O3Si2.C16H24O2.C14H28O2.C12H14F3NO3S.C11H22O4.K/c1-9-11-14-21(5,6)20-22(7,8)15-12-13-19-16(18)17(3,4)10-2;1-5-13(4)18-16(17)15-10-8-14(9-11-15)7-6-12(2)3;1-6-10-14(5,7-2)13(15)16-11-8-9-12(3)4;1-3-8(2)9-4-6-10(7-5-9)11(17)16-20(18,19)12(13,14)15;1-4-10(3)11(12)15-9-8-14-7-6-13-5-2;/h9-15H2,1-8H3;8-13H,5-7H2,1-4H3;12H,6-11H2,1-5H3;4-8H,3H2,1-2H3,(H,16,17);10H,4-9H2,1-3H3;/q;;;;;+1/p-1. The molecule has 2 rings (SSSR count). The molecule has 4 unspecified atom stereocenters. The molecular weight excluding hydrogens is 1260 g/mol. The van der Waals surface area contributed by atoms with Crippen molar-refractivity contribution in [2.24, 2.45) is 28.6 Å². The third-order valence-electron chi connectivity index (χ3n) is 15.5. The molecule has 0 N–H and O–H groups in total. The van der Waals surface area contributed by atoms with Crippen LogP contribution in [0.3, 0.4) is 0 Å². The molecule has 4 atom stereocenters. The van der Waals surface area contributed by atoms with E-state index in [-0.39, 0.29) is 110 Å². The van der Waals surface area contributed by atoms with Crippen LogP contribution in [0.15, 0.2) is 48.5 Å². The number of amides is 1. The van der Waals surface area contributed by atoms with Crippen LogP contribution in [-0.4, -0.2) is 113 Å². The van der Waals surface area contributed by atoms with Gasteiger partial charge in [-0.3, -0.25) is 14.4 Å². The van der Waals surface area contributed by atoms with Gasteiger partial charge in [0.05, 0.1) is 67.4 Å². The minimum atomic E-state index is -5.80. The van der Waals surface area contributed by atoms with Crippen molar-refractivity contribution < 1.29 is 129 Å². The van der Waals surface area contributed by atoms with Crippen molar-refractivity contribution in [2.75, 3.05) is 46.2 Å². The summed E-state index contributed by atoms with van der Waals surface area (Å²) in [5.74, 6) is -0.285. The minimum absolute atomic E-state index is 0. The largest absolute Gasteiger partial charge is 1.00 e. The van der Waals surface area contributed by atoms with Crippen molar-refractivity contribution in [2.45, 2.75) is 270 Å². The Morgan fingerprint density at radius 3 is 1.55 bits per heavy atom. The number of carbonyl (C=O) groups excluding carboxylic acids is 5. The number of sulfonamides is 1. The molecule has 0 bridgehead atoms. The number of hydrogen-bond donors (Lipinski definition) is 0. The van der Waals surface area contributed by atoms with E-state index in [4.69, 9.17) is 32.5 Å². The number of hydrogen-bond acceptors (Lipinski definition) is 14. The summed E-state index contributed by atoms with van der Waals surface area (Å²) in [4.78, 5) is 58.2. The Labute approximate surface area is 601 Å². The van der Waals surface area contributed by atoms with Gasteiger partial charge in [-0.25, -0.2) is 13.2 Å². The fraction of sp³-hybridized carbons (Fsp3) is 0.757. The number of rotatable bonds is 38. The summed E-state index contributed by atoms with van der Waals surface area (Å²) in [5.41, 5.74) is -3.58. The number of aryl methyl sites for hydroxylation is 1. The summed E-state index contributed by atoms with van der Waals surface area (Å²) in [6.07, 6.45) is 13.9. The topological polar surface area (TPSA) is 198 Å². The maximum absolute atomic E-state index is 12.1. The van der Waals surface area contributed by atoms with E-state index in [1.54, 1.807) is 12.1 Å². The van der Waals surface area contributed by atoms with E-state index in [2.05, 4.69) is 79.4 Å². The molecule has 0 aromatic heterocycles. The number of ether oxygens (including phenoxy) is 6. The Morgan fingerprint density at radius 2 is 1.09 bits per heavy atom. The zero-order valence-corrected chi connectivity index (χ0v) is 67.4. The Morgan fingerprint density at radius 1 is 0.576 bits per heavy atom. The van der Waals surface area contributed by atoms with Crippen LogP contribution in [0.1, 0.15) is 246 Å². The molecule has 0 fully saturated rings. The predicted octanol–water partition coefficient (Wildman–Crippen LogP) is 16.2. The van der Waals surface area contributed by atoms with Crippen LogP contribution in [0.4, 0.5) is 13.2 Å². The van der Waals surface area contributed by atoms with E-state index in [1.807, 2.05) is 100 Å². The molecule has 0 heterocycles. The second kappa shape index (κ2) is 51.7. The fourth-order valence-electron chi connectivity index (χ4n) is 8.14. The van der Waals surface area contributed by atoms with Crippen molar-refractivity contribution in [1.82, 2.24) is 0 Å². The number of unbranched alkanes of at least 4 members (excludes halogenated alkanes) is 1. The molecule has 0 radical (unpaired) electrons. The second-order valence-corrected chi connectivity index (χ2v) is 36.8. The number of benzene rings is 2. The smallest absolute Gasteiger partial charge is 0.534 e. The molecule has 0 aliphatic carbocycles. The SMILES string of the molecule is CCC(C)OC(=O)c1ccc(CCC(C)C)cc1.CCC(C)c1ccc(C(=O)[N-]S(=O)(=O)C(F)(F)F)cc1.CCCC(C)(CC)C(=O)OCCCC(C)C.CCCC[Si](C)(C)O[Si](C)(C)CCCOC(=O)C(C)(C)CC.CCOCCOCCOC(=O)C(C)CC.[K+]. The van der Waals surface area contributed by atoms with Crippen LogP contribution >= 0.6 is 0 Å². The van der Waals surface area contributed by atoms with Gasteiger partial charge in [-0.05, 0) is 190 Å². The van der Waals surface area contributed by atoms with Crippen molar-refractivity contribution in [3.8, 4) is 0 Å². The number of alkyl halides is 3. The minimum Gasteiger partial charge on any atom is -0.534 e. The maximum Gasteiger partial charge on any atom is 1.00 e. The van der Waals surface area contributed by atoms with E-state index in [0.29, 0.717) is 63.6 Å². The van der Waals surface area contributed by atoms with Crippen LogP contribution in [0.2, 0.25) is 38.3 Å². The number of carbonyl (C=O) groups is 5. The predicted molar refractivity (Wildman–Crippen MR) is 369 cm³/mol. The monoisotopic (exact) mass is 1390 g/mol. The molecule has 0 saturated carbocycles. The Bertz CT molecular complexity index is 2390. The van der Waals surface area contributed by atoms with Gasteiger partial charge in [-0.15, -0.1) is 0 Å². The summed E-state index contributed by atoms with van der Waals surface area (Å²) in [6, 6.07) is 15.7. The molecule has 1 amide bonds. The molecule has 2 aromatic rings. The van der Waals surface area contributed by atoms with Gasteiger partial charge in [-0.1, -0.05) is 146 Å². The molecule has 22 heteroatoms. The third kappa shape index (κ3) is 45.8. The van der Waals surface area contributed by atoms with Crippen LogP contribution in [0.5, 0.6) is 0 Å². The number of halogens is 3. The Balaban J connectivity index is -0.000000528. The second-order valence-electron chi connectivity index (χ2n) is 26.3. The third-order valence-corrected chi connectivity index (χ3v) is 24.0. The normalized spacial score (nSPS) is 13.2. The van der Waals surface area contributed by atoms with Gasteiger partial charge in [0.2, 0.25) is 0 Å². The summed E-state index contributed by atoms with van der Waals surface area (Å²) in [5, 5.41) is 0. The first-order chi connectivity index (χ1) is 42.2. The first-order valence-corrected chi connectivity index (χ1v) is 41.3. The molecule has 530 valence electrons. The molecular formula is C70H125F3KNO14SSi2. The molecule has 92 heavy (non-hydrogen) atoms. The van der Waals surface area contributed by atoms with Crippen LogP contribution in [0, 0.1) is 28.6 Å². The fourth-order valence-corrected chi connectivity index (χ4v) is 17.6. The van der Waals surface area contributed by atoms with Crippen molar-refractivity contribution in [1.29, 1.82) is 0 Å². The number of nitrogens with zero attached hydrogens (tertiary/aromatic N) is 1. The van der Waals surface area contributed by atoms with Gasteiger partial charge in [-0.2, -0.15) is 13.2 Å². The average Bonchev–Trinajstić information content (AvgIpc) is 0.867. The van der Waals surface area contributed by atoms with Crippen LogP contribution < -0.4 is 51.4 Å². The molecule has 0 aliphatic heterocycles. The van der Waals surface area contributed by atoms with E-state index >= 15 is 0 Å². The van der Waals surface area contributed by atoms with E-state index in [9.17, 15) is 45.6 Å². The zero-order chi connectivity index (χ0) is 70.7. The summed E-state index contributed by atoms with van der Waals surface area (Å²) >= 11 is 0. The average molecular weight is 1390 g/mol. The van der Waals surface area contributed by atoms with Gasteiger partial charge < -0.3 is 42.1 Å². The van der Waals surface area contributed by atoms with Crippen LogP contribution in [0.25, 0.3) is 4.72 Å². The first-order valence-electron chi connectivity index (χ1n) is 33.6. The van der Waals surface area contributed by atoms with E-state index in [1.165, 1.54) is 43.0 Å². The van der Waals surface area contributed by atoms with Gasteiger partial charge in [0.25, 0.3) is 0 Å². The van der Waals surface area contributed by atoms with Crippen molar-refractivity contribution >= 4 is 56.4 Å². The van der Waals surface area contributed by atoms with Crippen molar-refractivity contribution in [3.63, 3.8) is 0 Å². The van der Waals surface area contributed by atoms with Crippen molar-refractivity contribution in [3.05, 3.63) is 75.5 Å².